The number of pyridine rings is 2. The lowest BCUT2D eigenvalue weighted by Crippen LogP contribution is -2.58. The van der Waals surface area contributed by atoms with E-state index in [-0.39, 0.29) is 52.6 Å². The Morgan fingerprint density at radius 3 is 2.49 bits per heavy atom. The van der Waals surface area contributed by atoms with Crippen molar-refractivity contribution in [2.24, 2.45) is 11.3 Å². The maximum atomic E-state index is 13.9. The number of ether oxygens (including phenoxy) is 2. The highest BCUT2D eigenvalue weighted by Gasteiger charge is 2.50. The van der Waals surface area contributed by atoms with Crippen LogP contribution in [0.5, 0.6) is 11.5 Å². The number of carbonyl (C=O) groups is 1. The second kappa shape index (κ2) is 17.3. The largest absolute Gasteiger partial charge is 0.455 e. The third-order valence-corrected chi connectivity index (χ3v) is 17.2. The predicted molar refractivity (Wildman–Crippen MR) is 244 cm³/mol. The van der Waals surface area contributed by atoms with Crippen molar-refractivity contribution in [1.82, 2.24) is 24.6 Å². The van der Waals surface area contributed by atoms with Gasteiger partial charge in [-0.05, 0) is 104 Å². The Morgan fingerprint density at radius 1 is 0.969 bits per heavy atom. The fourth-order valence-corrected chi connectivity index (χ4v) is 12.8. The molecule has 5 fully saturated rings. The minimum atomic E-state index is -4.67. The highest BCUT2D eigenvalue weighted by atomic mass is 32.2. The van der Waals surface area contributed by atoms with Gasteiger partial charge in [0, 0.05) is 61.6 Å². The van der Waals surface area contributed by atoms with Crippen molar-refractivity contribution >= 4 is 54.0 Å². The zero-order valence-electron chi connectivity index (χ0n) is 35.9. The number of sulfone groups is 1. The van der Waals surface area contributed by atoms with Gasteiger partial charge in [-0.1, -0.05) is 24.3 Å². The van der Waals surface area contributed by atoms with Gasteiger partial charge in [-0.2, -0.15) is 0 Å². The van der Waals surface area contributed by atoms with E-state index in [0.29, 0.717) is 36.2 Å². The molecule has 2 aliphatic carbocycles. The third kappa shape index (κ3) is 9.15. The molecule has 65 heavy (non-hydrogen) atoms. The van der Waals surface area contributed by atoms with Crippen molar-refractivity contribution in [2.75, 3.05) is 61.1 Å². The number of fused-ring (bicyclic) bond motifs is 1. The van der Waals surface area contributed by atoms with Crippen LogP contribution in [0.2, 0.25) is 0 Å². The van der Waals surface area contributed by atoms with Gasteiger partial charge in [-0.25, -0.2) is 31.5 Å². The van der Waals surface area contributed by atoms with E-state index >= 15 is 0 Å². The number of aromatic amines is 1. The molecule has 10 rings (SSSR count). The topological polar surface area (TPSA) is 219 Å². The van der Waals surface area contributed by atoms with Gasteiger partial charge in [-0.15, -0.1) is 0 Å². The number of hydrogen-bond acceptors (Lipinski definition) is 14. The standard InChI is InChI=1S/C46H52N8O9S2/c55-45(51-65(60,61)36-23-40(54(56)57)44(50-28-36)48-26-30-10-19-64(58,59)20-11-30)39-8-7-33(22-42(39)63-35-21-32-9-14-47-43(32)49-27-35)52-15-12-46(13-16-52)24-34(25-46)53-17-18-62-29-41(53)38-4-2-1-3-37(38)31-5-6-31/h1-4,7-9,14,21-23,27-28,30-31,34,41H,5-6,10-13,15-20,24-26,29H2,(H,47,49)(H,48,50)(H,51,55)/t41-/m1/s1. The number of morpholine rings is 1. The number of rotatable bonds is 13. The Bertz CT molecular complexity index is 2840. The summed E-state index contributed by atoms with van der Waals surface area (Å²) in [7, 11) is -7.76. The first-order valence-electron chi connectivity index (χ1n) is 22.4. The molecule has 0 unspecified atom stereocenters. The number of benzene rings is 2. The summed E-state index contributed by atoms with van der Waals surface area (Å²) >= 11 is 0. The Morgan fingerprint density at radius 2 is 1.74 bits per heavy atom. The summed E-state index contributed by atoms with van der Waals surface area (Å²) in [5.41, 5.74) is 3.97. The van der Waals surface area contributed by atoms with Crippen molar-refractivity contribution in [3.63, 3.8) is 0 Å². The molecule has 3 N–H and O–H groups in total. The molecule has 3 aromatic heterocycles. The van der Waals surface area contributed by atoms with Crippen molar-refractivity contribution in [3.05, 3.63) is 106 Å². The smallest absolute Gasteiger partial charge is 0.312 e. The van der Waals surface area contributed by atoms with Crippen LogP contribution < -0.4 is 19.7 Å². The lowest BCUT2D eigenvalue weighted by atomic mass is 9.59. The fourth-order valence-electron chi connectivity index (χ4n) is 10.3. The molecule has 3 aliphatic heterocycles. The minimum Gasteiger partial charge on any atom is -0.455 e. The fraction of sp³-hybridized carbons (Fsp3) is 0.457. The molecule has 1 spiro atoms. The van der Waals surface area contributed by atoms with E-state index in [4.69, 9.17) is 9.47 Å². The van der Waals surface area contributed by atoms with Gasteiger partial charge in [0.1, 0.15) is 31.9 Å². The number of anilines is 2. The summed E-state index contributed by atoms with van der Waals surface area (Å²) < 4.78 is 65.5. The van der Waals surface area contributed by atoms with Crippen LogP contribution >= 0.6 is 0 Å². The maximum absolute atomic E-state index is 13.9. The number of H-pyrrole nitrogens is 1. The van der Waals surface area contributed by atoms with E-state index in [2.05, 4.69) is 59.1 Å². The summed E-state index contributed by atoms with van der Waals surface area (Å²) in [6.45, 7) is 4.25. The summed E-state index contributed by atoms with van der Waals surface area (Å²) in [5.74, 6) is -0.0243. The zero-order chi connectivity index (χ0) is 44.9. The van der Waals surface area contributed by atoms with Crippen LogP contribution in [0.4, 0.5) is 17.2 Å². The van der Waals surface area contributed by atoms with Crippen LogP contribution in [0, 0.1) is 21.4 Å². The Balaban J connectivity index is 0.837. The third-order valence-electron chi connectivity index (χ3n) is 14.2. The van der Waals surface area contributed by atoms with E-state index in [9.17, 15) is 31.7 Å². The first kappa shape index (κ1) is 43.3. The first-order valence-corrected chi connectivity index (χ1v) is 25.7. The van der Waals surface area contributed by atoms with Gasteiger partial charge in [0.2, 0.25) is 5.82 Å². The van der Waals surface area contributed by atoms with Crippen LogP contribution in [-0.2, 0) is 24.6 Å². The van der Waals surface area contributed by atoms with E-state index in [1.54, 1.807) is 24.4 Å². The van der Waals surface area contributed by atoms with Gasteiger partial charge >= 0.3 is 5.69 Å². The lowest BCUT2D eigenvalue weighted by Gasteiger charge is -2.57. The number of hydrogen-bond donors (Lipinski definition) is 3. The molecule has 1 atom stereocenters. The quantitative estimate of drug-likeness (QED) is 0.0826. The van der Waals surface area contributed by atoms with Crippen LogP contribution in [0.3, 0.4) is 0 Å². The second-order valence-electron chi connectivity index (χ2n) is 18.4. The van der Waals surface area contributed by atoms with Crippen molar-refractivity contribution in [3.8, 4) is 11.5 Å². The number of nitrogens with one attached hydrogen (secondary N) is 3. The molecule has 2 saturated carbocycles. The molecular weight excluding hydrogens is 873 g/mol. The van der Waals surface area contributed by atoms with E-state index in [1.807, 2.05) is 6.07 Å². The summed E-state index contributed by atoms with van der Waals surface area (Å²) in [4.78, 5) is 41.2. The van der Waals surface area contributed by atoms with Crippen LogP contribution in [0.15, 0.2) is 84.1 Å². The number of nitro groups is 1. The van der Waals surface area contributed by atoms with E-state index < -0.39 is 41.3 Å². The first-order chi connectivity index (χ1) is 31.3. The number of sulfonamides is 1. The van der Waals surface area contributed by atoms with Gasteiger partial charge in [0.25, 0.3) is 15.9 Å². The average molecular weight is 925 g/mol. The van der Waals surface area contributed by atoms with Gasteiger partial charge in [0.15, 0.2) is 0 Å². The molecule has 1 amide bonds. The molecule has 6 heterocycles. The zero-order valence-corrected chi connectivity index (χ0v) is 37.5. The number of amides is 1. The van der Waals surface area contributed by atoms with Crippen molar-refractivity contribution in [2.45, 2.75) is 74.3 Å². The molecule has 19 heteroatoms. The van der Waals surface area contributed by atoms with Gasteiger partial charge < -0.3 is 24.7 Å². The number of aromatic nitrogens is 3. The Labute approximate surface area is 377 Å². The van der Waals surface area contributed by atoms with Crippen molar-refractivity contribution < 1.29 is 36.0 Å². The molecular formula is C46H52N8O9S2. The van der Waals surface area contributed by atoms with Crippen molar-refractivity contribution in [1.29, 1.82) is 0 Å². The number of nitrogens with zero attached hydrogens (tertiary/aromatic N) is 5. The summed E-state index contributed by atoms with van der Waals surface area (Å²) in [6, 6.07) is 19.2. The molecule has 5 aromatic rings. The lowest BCUT2D eigenvalue weighted by molar-refractivity contribution is -0.384. The van der Waals surface area contributed by atoms with E-state index in [0.717, 1.165) is 81.9 Å². The number of piperidine rings is 1. The Kier molecular flexibility index (Phi) is 11.5. The highest BCUT2D eigenvalue weighted by molar-refractivity contribution is 7.91. The van der Waals surface area contributed by atoms with Crippen LogP contribution in [0.1, 0.15) is 84.8 Å². The molecule has 17 nitrogen and oxygen atoms in total. The van der Waals surface area contributed by atoms with E-state index in [1.165, 1.54) is 36.2 Å². The number of carbonyl (C=O) groups excluding carboxylic acids is 1. The molecule has 5 aliphatic rings. The molecule has 0 bridgehead atoms. The SMILES string of the molecule is O=C(NS(=O)(=O)c1cnc(NCC2CCS(=O)(=O)CC2)c([N+](=O)[O-])c1)c1ccc(N2CCC3(CC2)CC(N2CCOC[C@@H]2c2ccccc2C2CC2)C3)cc1Oc1cnc2[nH]ccc2c1. The molecule has 2 aromatic carbocycles. The van der Waals surface area contributed by atoms with Crippen LogP contribution in [0.25, 0.3) is 11.0 Å². The van der Waals surface area contributed by atoms with Crippen LogP contribution in [-0.4, -0.2) is 104 Å². The minimum absolute atomic E-state index is 0.0345. The average Bonchev–Trinajstić information content (AvgIpc) is 4.04. The maximum Gasteiger partial charge on any atom is 0.312 e. The molecule has 0 radical (unpaired) electrons. The highest BCUT2D eigenvalue weighted by Crippen LogP contribution is 2.54. The monoisotopic (exact) mass is 924 g/mol. The predicted octanol–water partition coefficient (Wildman–Crippen LogP) is 6.71. The summed E-state index contributed by atoms with van der Waals surface area (Å²) in [6.07, 6.45) is 11.9. The van der Waals surface area contributed by atoms with Gasteiger partial charge in [-0.3, -0.25) is 19.8 Å². The van der Waals surface area contributed by atoms with Gasteiger partial charge in [0.05, 0.1) is 53.6 Å². The summed E-state index contributed by atoms with van der Waals surface area (Å²) in [5, 5.41) is 15.7. The second-order valence-corrected chi connectivity index (χ2v) is 22.3. The molecule has 342 valence electrons. The normalized spacial score (nSPS) is 21.5. The molecule has 3 saturated heterocycles. The Hall–Kier alpha value is -5.63.